The van der Waals surface area contributed by atoms with Gasteiger partial charge in [-0.1, -0.05) is 35.4 Å². The molecule has 32 heavy (non-hydrogen) atoms. The van der Waals surface area contributed by atoms with Crippen molar-refractivity contribution < 1.29 is 4.74 Å². The molecule has 0 saturated heterocycles. The summed E-state index contributed by atoms with van der Waals surface area (Å²) in [5, 5.41) is 0.562. The summed E-state index contributed by atoms with van der Waals surface area (Å²) in [4.78, 5) is 14.2. The van der Waals surface area contributed by atoms with Crippen LogP contribution in [0.3, 0.4) is 0 Å². The zero-order valence-electron chi connectivity index (χ0n) is 18.1. The Balaban J connectivity index is 1.65. The molecule has 0 unspecified atom stereocenters. The first-order chi connectivity index (χ1) is 15.5. The van der Waals surface area contributed by atoms with Gasteiger partial charge in [0, 0.05) is 30.7 Å². The first kappa shape index (κ1) is 22.3. The lowest BCUT2D eigenvalue weighted by Crippen LogP contribution is -2.05. The fourth-order valence-electron chi connectivity index (χ4n) is 3.41. The number of halogens is 1. The van der Waals surface area contributed by atoms with E-state index >= 15 is 0 Å². The summed E-state index contributed by atoms with van der Waals surface area (Å²) in [5.41, 5.74) is 5.87. The van der Waals surface area contributed by atoms with E-state index < -0.39 is 0 Å². The number of nitrogens with one attached hydrogen (secondary N) is 1. The van der Waals surface area contributed by atoms with Gasteiger partial charge in [-0.2, -0.15) is 0 Å². The number of nitrogens with zero attached hydrogens (tertiary/aromatic N) is 3. The molecular weight excluding hydrogens is 440 g/mol. The van der Waals surface area contributed by atoms with E-state index in [9.17, 15) is 0 Å². The van der Waals surface area contributed by atoms with Crippen LogP contribution in [0.25, 0.3) is 11.3 Å². The molecule has 1 aromatic carbocycles. The SMILES string of the molecule is Cc1cc(C)c(Oc2nc(-c3cncc(Cl)c3)ccc2SNCc2ccccn2)c(C)c1. The first-order valence-electron chi connectivity index (χ1n) is 10.2. The fraction of sp³-hybridized carbons (Fsp3) is 0.160. The monoisotopic (exact) mass is 462 g/mol. The second-order valence-corrected chi connectivity index (χ2v) is 8.83. The molecule has 7 heteroatoms. The zero-order valence-corrected chi connectivity index (χ0v) is 19.7. The molecule has 0 amide bonds. The van der Waals surface area contributed by atoms with Crippen molar-refractivity contribution in [1.82, 2.24) is 19.7 Å². The van der Waals surface area contributed by atoms with Gasteiger partial charge in [-0.15, -0.1) is 0 Å². The standard InChI is InChI=1S/C25H23ClN4OS/c1-16-10-17(2)24(18(3)11-16)31-25-23(32-29-15-21-6-4-5-9-28-21)8-7-22(30-25)19-12-20(26)14-27-13-19/h4-14,29H,15H2,1-3H3. The molecule has 3 aromatic heterocycles. The Hall–Kier alpha value is -2.93. The Morgan fingerprint density at radius 1 is 1.00 bits per heavy atom. The normalized spacial score (nSPS) is 10.9. The Morgan fingerprint density at radius 3 is 2.53 bits per heavy atom. The molecule has 0 aliphatic heterocycles. The summed E-state index contributed by atoms with van der Waals surface area (Å²) in [7, 11) is 0. The van der Waals surface area contributed by atoms with Crippen LogP contribution in [0.1, 0.15) is 22.4 Å². The molecule has 1 N–H and O–H groups in total. The van der Waals surface area contributed by atoms with E-state index in [0.29, 0.717) is 17.4 Å². The lowest BCUT2D eigenvalue weighted by molar-refractivity contribution is 0.444. The molecule has 0 radical (unpaired) electrons. The van der Waals surface area contributed by atoms with E-state index in [1.54, 1.807) is 18.6 Å². The number of hydrogen-bond donors (Lipinski definition) is 1. The number of benzene rings is 1. The number of hydrogen-bond acceptors (Lipinski definition) is 6. The highest BCUT2D eigenvalue weighted by Gasteiger charge is 2.14. The molecule has 4 rings (SSSR count). The maximum absolute atomic E-state index is 6.38. The predicted octanol–water partition coefficient (Wildman–Crippen LogP) is 6.71. The number of ether oxygens (including phenoxy) is 1. The summed E-state index contributed by atoms with van der Waals surface area (Å²) in [5.74, 6) is 1.34. The van der Waals surface area contributed by atoms with Gasteiger partial charge in [0.1, 0.15) is 5.75 Å². The average Bonchev–Trinajstić information content (AvgIpc) is 2.77. The molecule has 4 aromatic rings. The minimum atomic E-state index is 0.524. The minimum Gasteiger partial charge on any atom is -0.437 e. The summed E-state index contributed by atoms with van der Waals surface area (Å²) in [6.07, 6.45) is 5.13. The summed E-state index contributed by atoms with van der Waals surface area (Å²) < 4.78 is 9.73. The molecule has 0 fully saturated rings. The van der Waals surface area contributed by atoms with Crippen molar-refractivity contribution in [2.75, 3.05) is 0 Å². The Bertz CT molecular complexity index is 1210. The second-order valence-electron chi connectivity index (χ2n) is 7.47. The van der Waals surface area contributed by atoms with Crippen LogP contribution < -0.4 is 9.46 Å². The smallest absolute Gasteiger partial charge is 0.234 e. The van der Waals surface area contributed by atoms with Gasteiger partial charge >= 0.3 is 0 Å². The van der Waals surface area contributed by atoms with Crippen molar-refractivity contribution in [3.63, 3.8) is 0 Å². The zero-order chi connectivity index (χ0) is 22.5. The van der Waals surface area contributed by atoms with Crippen molar-refractivity contribution in [3.05, 3.63) is 94.5 Å². The molecule has 0 bridgehead atoms. The number of aryl methyl sites for hydroxylation is 3. The summed E-state index contributed by atoms with van der Waals surface area (Å²) in [6, 6.07) is 15.9. The highest BCUT2D eigenvalue weighted by Crippen LogP contribution is 2.36. The quantitative estimate of drug-likeness (QED) is 0.308. The Morgan fingerprint density at radius 2 is 1.81 bits per heavy atom. The maximum Gasteiger partial charge on any atom is 0.234 e. The van der Waals surface area contributed by atoms with Gasteiger partial charge in [0.25, 0.3) is 0 Å². The third-order valence-electron chi connectivity index (χ3n) is 4.79. The van der Waals surface area contributed by atoms with Gasteiger partial charge in [0.15, 0.2) is 0 Å². The summed E-state index contributed by atoms with van der Waals surface area (Å²) in [6.45, 7) is 6.80. The van der Waals surface area contributed by atoms with Gasteiger partial charge in [0.05, 0.1) is 21.3 Å². The van der Waals surface area contributed by atoms with E-state index in [1.165, 1.54) is 17.5 Å². The topological polar surface area (TPSA) is 59.9 Å². The number of aromatic nitrogens is 3. The molecule has 5 nitrogen and oxygen atoms in total. The van der Waals surface area contributed by atoms with Crippen LogP contribution >= 0.6 is 23.5 Å². The number of pyridine rings is 3. The van der Waals surface area contributed by atoms with Crippen LogP contribution in [0, 0.1) is 20.8 Å². The van der Waals surface area contributed by atoms with Crippen molar-refractivity contribution in [1.29, 1.82) is 0 Å². The van der Waals surface area contributed by atoms with Gasteiger partial charge in [-0.25, -0.2) is 4.98 Å². The van der Waals surface area contributed by atoms with Crippen molar-refractivity contribution >= 4 is 23.5 Å². The third kappa shape index (κ3) is 5.46. The van der Waals surface area contributed by atoms with E-state index in [2.05, 4.69) is 33.7 Å². The Kier molecular flexibility index (Phi) is 7.05. The molecule has 0 saturated carbocycles. The lowest BCUT2D eigenvalue weighted by Gasteiger charge is -2.16. The summed E-state index contributed by atoms with van der Waals surface area (Å²) >= 11 is 7.60. The van der Waals surface area contributed by atoms with E-state index in [4.69, 9.17) is 21.3 Å². The molecule has 0 aliphatic carbocycles. The van der Waals surface area contributed by atoms with Crippen molar-refractivity contribution in [3.8, 4) is 22.9 Å². The average molecular weight is 463 g/mol. The molecule has 0 spiro atoms. The van der Waals surface area contributed by atoms with E-state index in [0.717, 1.165) is 38.7 Å². The number of rotatable bonds is 7. The van der Waals surface area contributed by atoms with Crippen LogP contribution in [0.5, 0.6) is 11.6 Å². The van der Waals surface area contributed by atoms with Gasteiger partial charge in [0.2, 0.25) is 5.88 Å². The van der Waals surface area contributed by atoms with Gasteiger partial charge in [-0.3, -0.25) is 14.7 Å². The van der Waals surface area contributed by atoms with Gasteiger partial charge < -0.3 is 4.74 Å². The molecule has 0 aliphatic rings. The van der Waals surface area contributed by atoms with E-state index in [-0.39, 0.29) is 0 Å². The van der Waals surface area contributed by atoms with Crippen LogP contribution in [-0.4, -0.2) is 15.0 Å². The van der Waals surface area contributed by atoms with Crippen LogP contribution in [-0.2, 0) is 6.54 Å². The van der Waals surface area contributed by atoms with Crippen LogP contribution in [0.2, 0.25) is 5.02 Å². The lowest BCUT2D eigenvalue weighted by atomic mass is 10.1. The van der Waals surface area contributed by atoms with Gasteiger partial charge in [-0.05, 0) is 74.2 Å². The highest BCUT2D eigenvalue weighted by atomic mass is 35.5. The molecule has 162 valence electrons. The van der Waals surface area contributed by atoms with E-state index in [1.807, 2.05) is 50.2 Å². The molecular formula is C25H23ClN4OS. The fourth-order valence-corrected chi connectivity index (χ4v) is 4.27. The van der Waals surface area contributed by atoms with Crippen molar-refractivity contribution in [2.45, 2.75) is 32.2 Å². The Labute approximate surface area is 197 Å². The first-order valence-corrected chi connectivity index (χ1v) is 11.4. The maximum atomic E-state index is 6.38. The molecule has 0 atom stereocenters. The largest absolute Gasteiger partial charge is 0.437 e. The van der Waals surface area contributed by atoms with Crippen molar-refractivity contribution in [2.24, 2.45) is 0 Å². The van der Waals surface area contributed by atoms with Crippen LogP contribution in [0.4, 0.5) is 0 Å². The van der Waals surface area contributed by atoms with Crippen LogP contribution in [0.15, 0.2) is 72.0 Å². The minimum absolute atomic E-state index is 0.524. The highest BCUT2D eigenvalue weighted by molar-refractivity contribution is 7.97. The third-order valence-corrected chi connectivity index (χ3v) is 5.82. The second kappa shape index (κ2) is 10.1. The molecule has 3 heterocycles. The predicted molar refractivity (Wildman–Crippen MR) is 130 cm³/mol.